The van der Waals surface area contributed by atoms with Crippen molar-refractivity contribution in [1.82, 2.24) is 5.06 Å². The van der Waals surface area contributed by atoms with Gasteiger partial charge in [-0.1, -0.05) is 20.8 Å². The highest BCUT2D eigenvalue weighted by molar-refractivity contribution is 4.99. The molecule has 88 valence electrons. The van der Waals surface area contributed by atoms with Gasteiger partial charge in [0, 0.05) is 18.5 Å². The van der Waals surface area contributed by atoms with Crippen molar-refractivity contribution < 1.29 is 4.84 Å². The molecule has 2 aliphatic rings. The molecule has 0 aromatic heterocycles. The molecule has 0 spiro atoms. The van der Waals surface area contributed by atoms with Gasteiger partial charge >= 0.3 is 0 Å². The molecule has 1 saturated heterocycles. The maximum absolute atomic E-state index is 6.10. The van der Waals surface area contributed by atoms with E-state index in [0.717, 1.165) is 24.3 Å². The highest BCUT2D eigenvalue weighted by Gasteiger charge is 2.52. The first-order chi connectivity index (χ1) is 6.95. The number of nitrogens with zero attached hydrogens (tertiary/aromatic N) is 1. The Balaban J connectivity index is 2.23. The van der Waals surface area contributed by atoms with Crippen LogP contribution in [0.3, 0.4) is 0 Å². The summed E-state index contributed by atoms with van der Waals surface area (Å²) in [5.74, 6) is 2.36. The van der Waals surface area contributed by atoms with Crippen LogP contribution in [0.2, 0.25) is 0 Å². The number of fused-ring (bicyclic) bond motifs is 1. The third-order valence-electron chi connectivity index (χ3n) is 4.32. The third-order valence-corrected chi connectivity index (χ3v) is 4.32. The minimum Gasteiger partial charge on any atom is -0.292 e. The molecule has 0 radical (unpaired) electrons. The fraction of sp³-hybridized carbons (Fsp3) is 1.00. The van der Waals surface area contributed by atoms with Crippen LogP contribution in [0.5, 0.6) is 0 Å². The molecule has 0 N–H and O–H groups in total. The predicted molar refractivity (Wildman–Crippen MR) is 62.4 cm³/mol. The van der Waals surface area contributed by atoms with Crippen LogP contribution in [0.4, 0.5) is 0 Å². The van der Waals surface area contributed by atoms with Crippen LogP contribution in [0.1, 0.15) is 47.5 Å². The van der Waals surface area contributed by atoms with Crippen molar-refractivity contribution in [3.63, 3.8) is 0 Å². The number of hydroxylamine groups is 2. The first-order valence-corrected chi connectivity index (χ1v) is 6.41. The van der Waals surface area contributed by atoms with Crippen molar-refractivity contribution in [3.8, 4) is 0 Å². The van der Waals surface area contributed by atoms with Gasteiger partial charge in [-0.3, -0.25) is 4.84 Å². The average Bonchev–Trinajstić information content (AvgIpc) is 2.38. The van der Waals surface area contributed by atoms with Gasteiger partial charge < -0.3 is 0 Å². The van der Waals surface area contributed by atoms with E-state index in [9.17, 15) is 0 Å². The lowest BCUT2D eigenvalue weighted by molar-refractivity contribution is -0.195. The van der Waals surface area contributed by atoms with E-state index in [0.29, 0.717) is 6.04 Å². The molecule has 0 aromatic carbocycles. The average molecular weight is 211 g/mol. The monoisotopic (exact) mass is 211 g/mol. The molecule has 1 heterocycles. The fourth-order valence-corrected chi connectivity index (χ4v) is 3.73. The molecule has 15 heavy (non-hydrogen) atoms. The molecule has 0 aromatic rings. The maximum atomic E-state index is 6.10. The quantitative estimate of drug-likeness (QED) is 0.661. The largest absolute Gasteiger partial charge is 0.292 e. The molecule has 2 nitrogen and oxygen atoms in total. The molecule has 4 atom stereocenters. The fourth-order valence-electron chi connectivity index (χ4n) is 3.73. The van der Waals surface area contributed by atoms with E-state index in [-0.39, 0.29) is 5.60 Å². The lowest BCUT2D eigenvalue weighted by Gasteiger charge is -2.39. The first kappa shape index (κ1) is 11.4. The van der Waals surface area contributed by atoms with Crippen molar-refractivity contribution in [2.24, 2.45) is 17.8 Å². The number of hydrogen-bond donors (Lipinski definition) is 0. The zero-order chi connectivity index (χ0) is 11.2. The summed E-state index contributed by atoms with van der Waals surface area (Å²) in [6, 6.07) is 0.654. The molecule has 1 saturated carbocycles. The Hall–Kier alpha value is -0.0800. The van der Waals surface area contributed by atoms with E-state index < -0.39 is 0 Å². The lowest BCUT2D eigenvalue weighted by atomic mass is 9.68. The van der Waals surface area contributed by atoms with E-state index in [1.54, 1.807) is 0 Å². The molecule has 1 aliphatic heterocycles. The van der Waals surface area contributed by atoms with Crippen LogP contribution in [-0.2, 0) is 4.84 Å². The minimum absolute atomic E-state index is 0.0453. The Labute approximate surface area is 93.9 Å². The second-order valence-corrected chi connectivity index (χ2v) is 6.08. The summed E-state index contributed by atoms with van der Waals surface area (Å²) in [7, 11) is 0. The van der Waals surface area contributed by atoms with Gasteiger partial charge in [0.15, 0.2) is 0 Å². The van der Waals surface area contributed by atoms with E-state index in [4.69, 9.17) is 4.84 Å². The Bertz CT molecular complexity index is 239. The summed E-state index contributed by atoms with van der Waals surface area (Å²) in [6.45, 7) is 12.5. The van der Waals surface area contributed by atoms with Crippen molar-refractivity contribution in [1.29, 1.82) is 0 Å². The van der Waals surface area contributed by atoms with Crippen LogP contribution in [0.25, 0.3) is 0 Å². The normalized spacial score (nSPS) is 45.4. The summed E-state index contributed by atoms with van der Waals surface area (Å²) >= 11 is 0. The smallest absolute Gasteiger partial charge is 0.0887 e. The zero-order valence-electron chi connectivity index (χ0n) is 10.8. The van der Waals surface area contributed by atoms with Crippen molar-refractivity contribution in [3.05, 3.63) is 0 Å². The highest BCUT2D eigenvalue weighted by Crippen LogP contribution is 2.47. The molecule has 2 fully saturated rings. The molecule has 2 heteroatoms. The standard InChI is InChI=1S/C13H25NO/c1-6-14-12-10(3)7-9(2)8-11(12)13(4,5)15-14/h9-12H,6-8H2,1-5H3/t9-,10+,11-,12-/m1/s1. The molecular formula is C13H25NO. The summed E-state index contributed by atoms with van der Waals surface area (Å²) in [4.78, 5) is 6.10. The topological polar surface area (TPSA) is 12.5 Å². The van der Waals surface area contributed by atoms with Crippen molar-refractivity contribution in [2.45, 2.75) is 59.1 Å². The molecule has 0 amide bonds. The lowest BCUT2D eigenvalue weighted by Crippen LogP contribution is -2.43. The van der Waals surface area contributed by atoms with Gasteiger partial charge in [0.25, 0.3) is 0 Å². The minimum atomic E-state index is 0.0453. The van der Waals surface area contributed by atoms with Crippen molar-refractivity contribution in [2.75, 3.05) is 6.54 Å². The van der Waals surface area contributed by atoms with Gasteiger partial charge in [-0.25, -0.2) is 0 Å². The molecular weight excluding hydrogens is 186 g/mol. The van der Waals surface area contributed by atoms with Gasteiger partial charge in [0.05, 0.1) is 5.60 Å². The van der Waals surface area contributed by atoms with Gasteiger partial charge in [-0.2, -0.15) is 5.06 Å². The first-order valence-electron chi connectivity index (χ1n) is 6.41. The predicted octanol–water partition coefficient (Wildman–Crippen LogP) is 3.08. The van der Waals surface area contributed by atoms with Crippen molar-refractivity contribution >= 4 is 0 Å². The van der Waals surface area contributed by atoms with Gasteiger partial charge in [-0.15, -0.1) is 0 Å². The third kappa shape index (κ3) is 1.83. The van der Waals surface area contributed by atoms with Crippen LogP contribution >= 0.6 is 0 Å². The van der Waals surface area contributed by atoms with Crippen LogP contribution in [0.15, 0.2) is 0 Å². The summed E-state index contributed by atoms with van der Waals surface area (Å²) in [5, 5.41) is 2.24. The number of rotatable bonds is 1. The Kier molecular flexibility index (Phi) is 2.85. The van der Waals surface area contributed by atoms with Gasteiger partial charge in [-0.05, 0) is 38.5 Å². The van der Waals surface area contributed by atoms with E-state index in [2.05, 4.69) is 39.7 Å². The van der Waals surface area contributed by atoms with Crippen LogP contribution in [0, 0.1) is 17.8 Å². The second-order valence-electron chi connectivity index (χ2n) is 6.08. The Morgan fingerprint density at radius 1 is 1.27 bits per heavy atom. The second kappa shape index (κ2) is 3.74. The molecule has 0 unspecified atom stereocenters. The Morgan fingerprint density at radius 2 is 1.93 bits per heavy atom. The maximum Gasteiger partial charge on any atom is 0.0887 e. The Morgan fingerprint density at radius 3 is 2.53 bits per heavy atom. The highest BCUT2D eigenvalue weighted by atomic mass is 16.7. The van der Waals surface area contributed by atoms with Crippen LogP contribution in [-0.4, -0.2) is 23.3 Å². The van der Waals surface area contributed by atoms with Gasteiger partial charge in [0.2, 0.25) is 0 Å². The zero-order valence-corrected chi connectivity index (χ0v) is 10.8. The summed E-state index contributed by atoms with van der Waals surface area (Å²) in [6.07, 6.45) is 2.69. The SMILES string of the molecule is CCN1OC(C)(C)[C@@H]2C[C@H](C)C[C@H](C)[C@H]21. The summed E-state index contributed by atoms with van der Waals surface area (Å²) < 4.78 is 0. The van der Waals surface area contributed by atoms with Gasteiger partial charge in [0.1, 0.15) is 0 Å². The molecule has 0 bridgehead atoms. The summed E-state index contributed by atoms with van der Waals surface area (Å²) in [5.41, 5.74) is 0.0453. The van der Waals surface area contributed by atoms with E-state index in [1.807, 2.05) is 0 Å². The van der Waals surface area contributed by atoms with Crippen LogP contribution < -0.4 is 0 Å². The number of hydrogen-bond acceptors (Lipinski definition) is 2. The molecule has 2 rings (SSSR count). The van der Waals surface area contributed by atoms with E-state index in [1.165, 1.54) is 12.8 Å². The van der Waals surface area contributed by atoms with E-state index >= 15 is 0 Å². The molecule has 1 aliphatic carbocycles.